The van der Waals surface area contributed by atoms with Gasteiger partial charge in [-0.3, -0.25) is 19.5 Å². The molecule has 0 atom stereocenters. The van der Waals surface area contributed by atoms with Crippen LogP contribution in [0.4, 0.5) is 5.95 Å². The van der Waals surface area contributed by atoms with Gasteiger partial charge in [-0.25, -0.2) is 4.98 Å². The number of piperazine rings is 1. The molecule has 3 heterocycles. The molecule has 2 aromatic rings. The van der Waals surface area contributed by atoms with Crippen LogP contribution >= 0.6 is 0 Å². The Morgan fingerprint density at radius 1 is 1.06 bits per heavy atom. The number of morpholine rings is 1. The maximum absolute atomic E-state index is 12.8. The van der Waals surface area contributed by atoms with E-state index < -0.39 is 0 Å². The predicted molar refractivity (Wildman–Crippen MR) is 133 cm³/mol. The number of aryl methyl sites for hydroxylation is 1. The van der Waals surface area contributed by atoms with Crippen LogP contribution in [0.3, 0.4) is 0 Å². The topological polar surface area (TPSA) is 81.8 Å². The Balaban J connectivity index is 1.26. The fraction of sp³-hybridized carbons (Fsp3) is 0.577. The minimum Gasteiger partial charge on any atom is -0.378 e. The molecule has 184 valence electrons. The lowest BCUT2D eigenvalue weighted by atomic mass is 10.0. The zero-order valence-electron chi connectivity index (χ0n) is 20.7. The number of nitrogens with zero attached hydrogens (tertiary/aromatic N) is 4. The van der Waals surface area contributed by atoms with Crippen LogP contribution < -0.4 is 10.5 Å². The van der Waals surface area contributed by atoms with Crippen LogP contribution in [-0.4, -0.2) is 78.2 Å². The summed E-state index contributed by atoms with van der Waals surface area (Å²) in [6.07, 6.45) is 0.748. The zero-order valence-corrected chi connectivity index (χ0v) is 20.7. The number of carbonyl (C=O) groups is 1. The average molecular weight is 468 g/mol. The van der Waals surface area contributed by atoms with Crippen LogP contribution in [0.25, 0.3) is 0 Å². The van der Waals surface area contributed by atoms with Crippen molar-refractivity contribution in [3.63, 3.8) is 0 Å². The van der Waals surface area contributed by atoms with Crippen molar-refractivity contribution in [1.29, 1.82) is 0 Å². The van der Waals surface area contributed by atoms with Crippen molar-refractivity contribution in [2.45, 2.75) is 46.1 Å². The highest BCUT2D eigenvalue weighted by molar-refractivity contribution is 5.76. The molecule has 4 rings (SSSR count). The van der Waals surface area contributed by atoms with Crippen LogP contribution in [0.15, 0.2) is 29.1 Å². The van der Waals surface area contributed by atoms with Crippen LogP contribution in [-0.2, 0) is 22.5 Å². The highest BCUT2D eigenvalue weighted by Crippen LogP contribution is 2.17. The molecule has 2 aliphatic rings. The fourth-order valence-corrected chi connectivity index (χ4v) is 4.63. The summed E-state index contributed by atoms with van der Waals surface area (Å²) in [5.41, 5.74) is 3.83. The molecule has 0 aliphatic carbocycles. The molecule has 34 heavy (non-hydrogen) atoms. The summed E-state index contributed by atoms with van der Waals surface area (Å²) in [6, 6.07) is 8.85. The minimum atomic E-state index is -0.143. The highest BCUT2D eigenvalue weighted by atomic mass is 16.5. The molecule has 2 saturated heterocycles. The third-order valence-corrected chi connectivity index (χ3v) is 6.89. The molecular weight excluding hydrogens is 430 g/mol. The predicted octanol–water partition coefficient (Wildman–Crippen LogP) is 2.32. The first-order chi connectivity index (χ1) is 16.4. The van der Waals surface area contributed by atoms with E-state index in [-0.39, 0.29) is 11.5 Å². The van der Waals surface area contributed by atoms with Gasteiger partial charge in [-0.05, 0) is 30.4 Å². The number of benzene rings is 1. The number of aromatic nitrogens is 2. The summed E-state index contributed by atoms with van der Waals surface area (Å²) in [6.45, 7) is 13.1. The smallest absolute Gasteiger partial charge is 0.255 e. The van der Waals surface area contributed by atoms with Gasteiger partial charge in [0.2, 0.25) is 11.9 Å². The Hall–Kier alpha value is -2.71. The number of ether oxygens (including phenoxy) is 1. The van der Waals surface area contributed by atoms with Gasteiger partial charge in [0.05, 0.1) is 13.2 Å². The van der Waals surface area contributed by atoms with E-state index in [2.05, 4.69) is 53.0 Å². The summed E-state index contributed by atoms with van der Waals surface area (Å²) in [7, 11) is 0. The number of H-pyrrole nitrogens is 1. The summed E-state index contributed by atoms with van der Waals surface area (Å²) in [4.78, 5) is 39.4. The molecule has 8 nitrogen and oxygen atoms in total. The number of amides is 1. The van der Waals surface area contributed by atoms with Gasteiger partial charge in [-0.2, -0.15) is 0 Å². The van der Waals surface area contributed by atoms with Crippen molar-refractivity contribution < 1.29 is 9.53 Å². The number of hydrogen-bond acceptors (Lipinski definition) is 6. The molecule has 1 aromatic carbocycles. The van der Waals surface area contributed by atoms with Crippen LogP contribution in [0.2, 0.25) is 0 Å². The van der Waals surface area contributed by atoms with Gasteiger partial charge in [-0.15, -0.1) is 0 Å². The number of hydrogen-bond donors (Lipinski definition) is 1. The SMILES string of the molecule is Cc1nc(N2CCOCC2)[nH]c(=O)c1CCC(=O)N1CCN(Cc2ccc(C(C)C)cc2)CC1. The summed E-state index contributed by atoms with van der Waals surface area (Å²) in [5.74, 6) is 1.24. The van der Waals surface area contributed by atoms with Crippen molar-refractivity contribution in [2.24, 2.45) is 0 Å². The fourth-order valence-electron chi connectivity index (χ4n) is 4.63. The van der Waals surface area contributed by atoms with Gasteiger partial charge < -0.3 is 14.5 Å². The number of rotatable bonds is 7. The van der Waals surface area contributed by atoms with E-state index >= 15 is 0 Å². The monoisotopic (exact) mass is 467 g/mol. The molecule has 1 aromatic heterocycles. The van der Waals surface area contributed by atoms with Crippen molar-refractivity contribution in [3.05, 3.63) is 57.0 Å². The molecule has 0 spiro atoms. The Morgan fingerprint density at radius 3 is 2.35 bits per heavy atom. The van der Waals surface area contributed by atoms with E-state index in [0.29, 0.717) is 49.2 Å². The molecule has 2 aliphatic heterocycles. The minimum absolute atomic E-state index is 0.108. The lowest BCUT2D eigenvalue weighted by molar-refractivity contribution is -0.133. The Labute approximate surface area is 201 Å². The Bertz CT molecular complexity index is 1020. The number of nitrogens with one attached hydrogen (secondary N) is 1. The number of anilines is 1. The van der Waals surface area contributed by atoms with E-state index in [9.17, 15) is 9.59 Å². The van der Waals surface area contributed by atoms with Crippen molar-refractivity contribution in [3.8, 4) is 0 Å². The van der Waals surface area contributed by atoms with Gasteiger partial charge in [0, 0.05) is 63.5 Å². The van der Waals surface area contributed by atoms with E-state index in [1.54, 1.807) is 0 Å². The normalized spacial score (nSPS) is 17.4. The lowest BCUT2D eigenvalue weighted by Gasteiger charge is -2.35. The summed E-state index contributed by atoms with van der Waals surface area (Å²) in [5, 5.41) is 0. The summed E-state index contributed by atoms with van der Waals surface area (Å²) < 4.78 is 5.37. The summed E-state index contributed by atoms with van der Waals surface area (Å²) >= 11 is 0. The molecule has 0 radical (unpaired) electrons. The molecule has 2 fully saturated rings. The van der Waals surface area contributed by atoms with Crippen LogP contribution in [0.1, 0.15) is 48.6 Å². The van der Waals surface area contributed by atoms with Crippen molar-refractivity contribution >= 4 is 11.9 Å². The van der Waals surface area contributed by atoms with Crippen LogP contribution in [0, 0.1) is 6.92 Å². The van der Waals surface area contributed by atoms with Crippen LogP contribution in [0.5, 0.6) is 0 Å². The third kappa shape index (κ3) is 6.04. The van der Waals surface area contributed by atoms with E-state index in [1.165, 1.54) is 11.1 Å². The van der Waals surface area contributed by atoms with Gasteiger partial charge in [-0.1, -0.05) is 38.1 Å². The van der Waals surface area contributed by atoms with E-state index in [4.69, 9.17) is 4.74 Å². The molecule has 0 unspecified atom stereocenters. The second-order valence-electron chi connectivity index (χ2n) is 9.61. The quantitative estimate of drug-likeness (QED) is 0.673. The number of carbonyl (C=O) groups excluding carboxylic acids is 1. The first-order valence-corrected chi connectivity index (χ1v) is 12.4. The molecule has 8 heteroatoms. The molecule has 0 bridgehead atoms. The molecular formula is C26H37N5O3. The maximum atomic E-state index is 12.8. The Kier molecular flexibility index (Phi) is 8.00. The zero-order chi connectivity index (χ0) is 24.1. The Morgan fingerprint density at radius 2 is 1.74 bits per heavy atom. The van der Waals surface area contributed by atoms with Crippen molar-refractivity contribution in [1.82, 2.24) is 19.8 Å². The maximum Gasteiger partial charge on any atom is 0.255 e. The van der Waals surface area contributed by atoms with Gasteiger partial charge in [0.15, 0.2) is 0 Å². The largest absolute Gasteiger partial charge is 0.378 e. The standard InChI is InChI=1S/C26H37N5O3/c1-19(2)22-6-4-21(5-7-22)18-29-10-12-30(13-11-29)24(32)9-8-23-20(3)27-26(28-25(23)33)31-14-16-34-17-15-31/h4-7,19H,8-18H2,1-3H3,(H,27,28,33). The third-order valence-electron chi connectivity index (χ3n) is 6.89. The second kappa shape index (κ2) is 11.1. The molecule has 1 amide bonds. The second-order valence-corrected chi connectivity index (χ2v) is 9.61. The van der Waals surface area contributed by atoms with E-state index in [1.807, 2.05) is 16.7 Å². The lowest BCUT2D eigenvalue weighted by Crippen LogP contribution is -2.48. The first-order valence-electron chi connectivity index (χ1n) is 12.4. The van der Waals surface area contributed by atoms with Gasteiger partial charge in [0.25, 0.3) is 5.56 Å². The van der Waals surface area contributed by atoms with Gasteiger partial charge in [0.1, 0.15) is 0 Å². The van der Waals surface area contributed by atoms with Gasteiger partial charge >= 0.3 is 0 Å². The average Bonchev–Trinajstić information content (AvgIpc) is 2.84. The highest BCUT2D eigenvalue weighted by Gasteiger charge is 2.22. The van der Waals surface area contributed by atoms with E-state index in [0.717, 1.165) is 45.8 Å². The first kappa shape index (κ1) is 24.4. The molecule has 0 saturated carbocycles. The van der Waals surface area contributed by atoms with Crippen molar-refractivity contribution in [2.75, 3.05) is 57.4 Å². The molecule has 1 N–H and O–H groups in total. The number of aromatic amines is 1.